The van der Waals surface area contributed by atoms with E-state index in [1.165, 1.54) is 5.56 Å². The fourth-order valence-electron chi connectivity index (χ4n) is 4.39. The van der Waals surface area contributed by atoms with Crippen molar-refractivity contribution < 1.29 is 18.9 Å². The lowest BCUT2D eigenvalue weighted by molar-refractivity contribution is 0.0317. The summed E-state index contributed by atoms with van der Waals surface area (Å²) in [5.41, 5.74) is 6.57. The molecule has 34 heavy (non-hydrogen) atoms. The summed E-state index contributed by atoms with van der Waals surface area (Å²) in [5, 5.41) is 4.69. The molecule has 10 nitrogen and oxygen atoms in total. The molecule has 182 valence electrons. The first-order valence-electron chi connectivity index (χ1n) is 11.9. The third-order valence-electron chi connectivity index (χ3n) is 6.33. The second kappa shape index (κ2) is 11.0. The average Bonchev–Trinajstić information content (AvgIpc) is 3.30. The van der Waals surface area contributed by atoms with Gasteiger partial charge in [-0.25, -0.2) is 0 Å². The number of hydrazone groups is 1. The second-order valence-corrected chi connectivity index (χ2v) is 8.49. The lowest BCUT2D eigenvalue weighted by Crippen LogP contribution is -2.39. The smallest absolute Gasteiger partial charge is 0.320 e. The van der Waals surface area contributed by atoms with Crippen LogP contribution in [0.25, 0.3) is 0 Å². The van der Waals surface area contributed by atoms with E-state index in [4.69, 9.17) is 18.9 Å². The molecule has 10 heteroatoms. The van der Waals surface area contributed by atoms with Crippen molar-refractivity contribution in [1.29, 1.82) is 0 Å². The number of aryl methyl sites for hydroxylation is 1. The van der Waals surface area contributed by atoms with Gasteiger partial charge in [0.2, 0.25) is 0 Å². The van der Waals surface area contributed by atoms with Crippen LogP contribution < -0.4 is 19.8 Å². The number of hydrogen-bond donors (Lipinski definition) is 1. The van der Waals surface area contributed by atoms with Crippen LogP contribution in [0.15, 0.2) is 29.4 Å². The molecular formula is C24H32N6O4. The number of rotatable bonds is 8. The Morgan fingerprint density at radius 1 is 1.00 bits per heavy atom. The highest BCUT2D eigenvalue weighted by atomic mass is 16.5. The van der Waals surface area contributed by atoms with Crippen LogP contribution in [0.2, 0.25) is 0 Å². The molecule has 0 atom stereocenters. The Labute approximate surface area is 199 Å². The molecule has 0 radical (unpaired) electrons. The van der Waals surface area contributed by atoms with Crippen molar-refractivity contribution in [2.45, 2.75) is 12.8 Å². The van der Waals surface area contributed by atoms with Gasteiger partial charge in [-0.2, -0.15) is 15.1 Å². The van der Waals surface area contributed by atoms with E-state index in [1.54, 1.807) is 7.11 Å². The molecule has 1 aromatic heterocycles. The van der Waals surface area contributed by atoms with Crippen molar-refractivity contribution in [3.05, 3.63) is 35.4 Å². The van der Waals surface area contributed by atoms with Gasteiger partial charge in [-0.15, -0.1) is 0 Å². The average molecular weight is 469 g/mol. The van der Waals surface area contributed by atoms with Gasteiger partial charge in [0, 0.05) is 44.4 Å². The topological polar surface area (TPSA) is 93.6 Å². The zero-order chi connectivity index (χ0) is 23.2. The van der Waals surface area contributed by atoms with Crippen LogP contribution >= 0.6 is 0 Å². The zero-order valence-electron chi connectivity index (χ0n) is 19.7. The maximum Gasteiger partial charge on any atom is 0.320 e. The van der Waals surface area contributed by atoms with E-state index < -0.39 is 0 Å². The third-order valence-corrected chi connectivity index (χ3v) is 6.33. The number of morpholine rings is 2. The SMILES string of the molecule is COc1ccc2c(c1)CC/C2=N/Nc1cc(N2CCOCC2)nc(OCCN2CCOCC2)n1. The van der Waals surface area contributed by atoms with Crippen LogP contribution in [0.3, 0.4) is 0 Å². The van der Waals surface area contributed by atoms with Crippen LogP contribution in [0, 0.1) is 0 Å². The molecule has 0 amide bonds. The van der Waals surface area contributed by atoms with Crippen molar-refractivity contribution in [1.82, 2.24) is 14.9 Å². The first-order valence-corrected chi connectivity index (χ1v) is 11.9. The van der Waals surface area contributed by atoms with Gasteiger partial charge in [0.1, 0.15) is 18.2 Å². The number of ether oxygens (including phenoxy) is 4. The summed E-state index contributed by atoms with van der Waals surface area (Å²) in [5.74, 6) is 2.31. The molecule has 2 aromatic rings. The first-order chi connectivity index (χ1) is 16.8. The van der Waals surface area contributed by atoms with Crippen LogP contribution in [0.4, 0.5) is 11.6 Å². The Morgan fingerprint density at radius 2 is 1.79 bits per heavy atom. The monoisotopic (exact) mass is 468 g/mol. The summed E-state index contributed by atoms with van der Waals surface area (Å²) in [6, 6.07) is 8.41. The van der Waals surface area contributed by atoms with Gasteiger partial charge < -0.3 is 23.8 Å². The van der Waals surface area contributed by atoms with Gasteiger partial charge in [0.05, 0.1) is 39.2 Å². The molecule has 1 aliphatic carbocycles. The Kier molecular flexibility index (Phi) is 7.37. The summed E-state index contributed by atoms with van der Waals surface area (Å²) in [6.45, 7) is 7.67. The van der Waals surface area contributed by atoms with Crippen molar-refractivity contribution in [3.63, 3.8) is 0 Å². The summed E-state index contributed by atoms with van der Waals surface area (Å²) >= 11 is 0. The number of methoxy groups -OCH3 is 1. The molecule has 0 bridgehead atoms. The highest BCUT2D eigenvalue weighted by Gasteiger charge is 2.20. The normalized spacial score (nSPS) is 19.8. The third kappa shape index (κ3) is 5.57. The first kappa shape index (κ1) is 22.8. The number of anilines is 2. The lowest BCUT2D eigenvalue weighted by Gasteiger charge is -2.28. The van der Waals surface area contributed by atoms with Crippen molar-refractivity contribution >= 4 is 17.3 Å². The molecule has 2 saturated heterocycles. The fourth-order valence-corrected chi connectivity index (χ4v) is 4.39. The zero-order valence-corrected chi connectivity index (χ0v) is 19.7. The molecule has 0 unspecified atom stereocenters. The van der Waals surface area contributed by atoms with Gasteiger partial charge in [-0.3, -0.25) is 10.3 Å². The standard InChI is InChI=1S/C24H32N6O4/c1-31-19-3-4-20-18(16-19)2-5-21(20)27-28-22-17-23(30-9-13-33-14-10-30)26-24(25-22)34-15-8-29-6-11-32-12-7-29/h3-4,16-17H,2,5-15H2,1H3,(H,25,26,28)/b27-21-. The minimum Gasteiger partial charge on any atom is -0.497 e. The summed E-state index contributed by atoms with van der Waals surface area (Å²) in [7, 11) is 1.69. The Morgan fingerprint density at radius 3 is 2.59 bits per heavy atom. The second-order valence-electron chi connectivity index (χ2n) is 8.49. The maximum atomic E-state index is 5.97. The van der Waals surface area contributed by atoms with E-state index in [1.807, 2.05) is 12.1 Å². The van der Waals surface area contributed by atoms with Gasteiger partial charge in [0.25, 0.3) is 0 Å². The lowest BCUT2D eigenvalue weighted by atomic mass is 10.1. The van der Waals surface area contributed by atoms with Gasteiger partial charge >= 0.3 is 6.01 Å². The van der Waals surface area contributed by atoms with E-state index >= 15 is 0 Å². The summed E-state index contributed by atoms with van der Waals surface area (Å²) in [4.78, 5) is 13.8. The highest BCUT2D eigenvalue weighted by molar-refractivity contribution is 6.05. The van der Waals surface area contributed by atoms with Crippen LogP contribution in [0.5, 0.6) is 11.8 Å². The molecule has 1 N–H and O–H groups in total. The highest BCUT2D eigenvalue weighted by Crippen LogP contribution is 2.27. The van der Waals surface area contributed by atoms with E-state index in [0.29, 0.717) is 31.6 Å². The van der Waals surface area contributed by atoms with Gasteiger partial charge in [0.15, 0.2) is 5.82 Å². The van der Waals surface area contributed by atoms with Gasteiger partial charge in [-0.05, 0) is 36.6 Å². The minimum atomic E-state index is 0.358. The number of benzene rings is 1. The number of fused-ring (bicyclic) bond motifs is 1. The van der Waals surface area contributed by atoms with Crippen LogP contribution in [0.1, 0.15) is 17.5 Å². The number of nitrogens with one attached hydrogen (secondary N) is 1. The van der Waals surface area contributed by atoms with E-state index in [0.717, 1.165) is 81.6 Å². The number of aromatic nitrogens is 2. The largest absolute Gasteiger partial charge is 0.497 e. The minimum absolute atomic E-state index is 0.358. The van der Waals surface area contributed by atoms with Crippen molar-refractivity contribution in [3.8, 4) is 11.8 Å². The molecule has 3 aliphatic rings. The molecule has 1 aromatic carbocycles. The summed E-state index contributed by atoms with van der Waals surface area (Å²) in [6.07, 6.45) is 1.82. The predicted octanol–water partition coefficient (Wildman–Crippen LogP) is 1.80. The number of nitrogens with zero attached hydrogens (tertiary/aromatic N) is 5. The van der Waals surface area contributed by atoms with Crippen molar-refractivity contribution in [2.75, 3.05) is 83.2 Å². The van der Waals surface area contributed by atoms with E-state index in [-0.39, 0.29) is 0 Å². The van der Waals surface area contributed by atoms with Crippen molar-refractivity contribution in [2.24, 2.45) is 5.10 Å². The molecule has 5 rings (SSSR count). The van der Waals surface area contributed by atoms with E-state index in [9.17, 15) is 0 Å². The maximum absolute atomic E-state index is 5.97. The predicted molar refractivity (Wildman–Crippen MR) is 129 cm³/mol. The summed E-state index contributed by atoms with van der Waals surface area (Å²) < 4.78 is 22.2. The Bertz CT molecular complexity index is 1000. The molecule has 3 heterocycles. The van der Waals surface area contributed by atoms with Crippen LogP contribution in [-0.4, -0.2) is 93.4 Å². The molecule has 2 fully saturated rings. The Hall–Kier alpha value is -2.95. The number of hydrogen-bond acceptors (Lipinski definition) is 10. The van der Waals surface area contributed by atoms with E-state index in [2.05, 4.69) is 42.4 Å². The molecule has 2 aliphatic heterocycles. The van der Waals surface area contributed by atoms with Crippen LogP contribution in [-0.2, 0) is 15.9 Å². The fraction of sp³-hybridized carbons (Fsp3) is 0.542. The molecule has 0 saturated carbocycles. The van der Waals surface area contributed by atoms with Gasteiger partial charge in [-0.1, -0.05) is 0 Å². The Balaban J connectivity index is 1.30. The molecular weight excluding hydrogens is 436 g/mol. The quantitative estimate of drug-likeness (QED) is 0.582. The molecule has 0 spiro atoms.